The molecule has 1 atom stereocenters. The monoisotopic (exact) mass is 295 g/mol. The largest absolute Gasteiger partial charge is 0.440 e. The van der Waals surface area contributed by atoms with Crippen molar-refractivity contribution >= 4 is 12.0 Å². The molecule has 0 radical (unpaired) electrons. The molecule has 9 heteroatoms. The second kappa shape index (κ2) is 8.24. The normalized spacial score (nSPS) is 12.2. The van der Waals surface area contributed by atoms with Gasteiger partial charge in [-0.05, 0) is 6.92 Å². The van der Waals surface area contributed by atoms with E-state index in [0.29, 0.717) is 0 Å². The van der Waals surface area contributed by atoms with Crippen LogP contribution in [0.5, 0.6) is 0 Å². The van der Waals surface area contributed by atoms with Gasteiger partial charge >= 0.3 is 12.3 Å². The molecule has 0 rings (SSSR count). The maximum absolute atomic E-state index is 11.7. The van der Waals surface area contributed by atoms with Gasteiger partial charge < -0.3 is 15.0 Å². The van der Waals surface area contributed by atoms with Gasteiger partial charge in [0.2, 0.25) is 5.91 Å². The molecule has 0 saturated heterocycles. The second-order valence-electron chi connectivity index (χ2n) is 4.17. The smallest absolute Gasteiger partial charge is 0.422 e. The van der Waals surface area contributed by atoms with Crippen molar-refractivity contribution in [1.82, 2.24) is 10.2 Å². The highest BCUT2D eigenvalue weighted by Gasteiger charge is 2.29. The predicted octanol–water partition coefficient (Wildman–Crippen LogP) is 1.28. The van der Waals surface area contributed by atoms with Gasteiger partial charge in [-0.15, -0.1) is 0 Å². The van der Waals surface area contributed by atoms with Gasteiger partial charge in [-0.2, -0.15) is 18.4 Å². The molecule has 0 spiro atoms. The number of alkyl halides is 3. The van der Waals surface area contributed by atoms with Crippen molar-refractivity contribution in [2.45, 2.75) is 19.5 Å². The van der Waals surface area contributed by atoms with E-state index in [0.717, 1.165) is 0 Å². The summed E-state index contributed by atoms with van der Waals surface area (Å²) in [6.45, 7) is 0.0809. The number of amides is 2. The van der Waals surface area contributed by atoms with Crippen LogP contribution in [0.3, 0.4) is 0 Å². The minimum Gasteiger partial charge on any atom is -0.440 e. The predicted molar refractivity (Wildman–Crippen MR) is 62.4 cm³/mol. The summed E-state index contributed by atoms with van der Waals surface area (Å²) in [5.41, 5.74) is 0. The first-order valence-corrected chi connectivity index (χ1v) is 5.76. The topological polar surface area (TPSA) is 82.4 Å². The number of carbonyl (C=O) groups excluding carboxylic acids is 2. The zero-order valence-electron chi connectivity index (χ0n) is 11.2. The van der Waals surface area contributed by atoms with Crippen molar-refractivity contribution in [3.05, 3.63) is 0 Å². The Balaban J connectivity index is 3.86. The zero-order chi connectivity index (χ0) is 15.8. The van der Waals surface area contributed by atoms with Crippen molar-refractivity contribution in [1.29, 1.82) is 5.26 Å². The lowest BCUT2D eigenvalue weighted by atomic mass is 10.2. The van der Waals surface area contributed by atoms with Crippen LogP contribution in [0.4, 0.5) is 18.0 Å². The van der Waals surface area contributed by atoms with E-state index in [9.17, 15) is 22.8 Å². The van der Waals surface area contributed by atoms with Crippen molar-refractivity contribution in [2.75, 3.05) is 26.7 Å². The van der Waals surface area contributed by atoms with E-state index in [4.69, 9.17) is 5.26 Å². The number of hydrogen-bond donors (Lipinski definition) is 1. The molecule has 0 fully saturated rings. The van der Waals surface area contributed by atoms with Crippen LogP contribution in [0.15, 0.2) is 0 Å². The molecule has 0 saturated carbocycles. The number of nitrogens with one attached hydrogen (secondary N) is 1. The SMILES string of the molecule is C[C@H](C#N)CN(C)C(=O)CCNC(=O)OCC(F)(F)F. The first-order valence-electron chi connectivity index (χ1n) is 5.76. The van der Waals surface area contributed by atoms with E-state index in [1.807, 2.05) is 11.4 Å². The molecular weight excluding hydrogens is 279 g/mol. The van der Waals surface area contributed by atoms with Crippen molar-refractivity contribution in [3.8, 4) is 6.07 Å². The summed E-state index contributed by atoms with van der Waals surface area (Å²) in [4.78, 5) is 23.7. The van der Waals surface area contributed by atoms with E-state index in [1.54, 1.807) is 6.92 Å². The molecule has 1 N–H and O–H groups in total. The standard InChI is InChI=1S/C11H16F3N3O3/c1-8(5-15)6-17(2)9(18)3-4-16-10(19)20-7-11(12,13)14/h8H,3-4,6-7H2,1-2H3,(H,16,19)/t8-/m1/s1. The maximum Gasteiger partial charge on any atom is 0.422 e. The average molecular weight is 295 g/mol. The summed E-state index contributed by atoms with van der Waals surface area (Å²) in [6, 6.07) is 1.97. The summed E-state index contributed by atoms with van der Waals surface area (Å²) >= 11 is 0. The molecule has 0 bridgehead atoms. The van der Waals surface area contributed by atoms with Crippen LogP contribution in [0.25, 0.3) is 0 Å². The molecule has 6 nitrogen and oxygen atoms in total. The van der Waals surface area contributed by atoms with Gasteiger partial charge in [0, 0.05) is 26.6 Å². The van der Waals surface area contributed by atoms with Gasteiger partial charge in [0.05, 0.1) is 12.0 Å². The molecule has 0 heterocycles. The molecule has 0 unspecified atom stereocenters. The Hall–Kier alpha value is -1.98. The van der Waals surface area contributed by atoms with Gasteiger partial charge in [-0.25, -0.2) is 4.79 Å². The Morgan fingerprint density at radius 1 is 1.45 bits per heavy atom. The Morgan fingerprint density at radius 2 is 2.05 bits per heavy atom. The fourth-order valence-electron chi connectivity index (χ4n) is 1.21. The van der Waals surface area contributed by atoms with Crippen LogP contribution in [-0.2, 0) is 9.53 Å². The fourth-order valence-corrected chi connectivity index (χ4v) is 1.21. The highest BCUT2D eigenvalue weighted by atomic mass is 19.4. The van der Waals surface area contributed by atoms with Crippen LogP contribution in [0, 0.1) is 17.2 Å². The highest BCUT2D eigenvalue weighted by molar-refractivity contribution is 5.77. The van der Waals surface area contributed by atoms with Crippen molar-refractivity contribution < 1.29 is 27.5 Å². The first-order chi connectivity index (χ1) is 9.15. The second-order valence-corrected chi connectivity index (χ2v) is 4.17. The number of halogens is 3. The van der Waals surface area contributed by atoms with Crippen LogP contribution in [-0.4, -0.2) is 49.8 Å². The molecule has 0 aliphatic carbocycles. The Bertz CT molecular complexity index is 379. The molecular formula is C11H16F3N3O3. The first kappa shape index (κ1) is 18.0. The number of rotatable bonds is 6. The van der Waals surface area contributed by atoms with Gasteiger partial charge in [0.25, 0.3) is 0 Å². The lowest BCUT2D eigenvalue weighted by Gasteiger charge is -2.18. The quantitative estimate of drug-likeness (QED) is 0.800. The van der Waals surface area contributed by atoms with Gasteiger partial charge in [0.1, 0.15) is 0 Å². The Kier molecular flexibility index (Phi) is 7.43. The minimum absolute atomic E-state index is 0.0875. The van der Waals surface area contributed by atoms with Crippen LogP contribution in [0.2, 0.25) is 0 Å². The number of nitrogens with zero attached hydrogens (tertiary/aromatic N) is 2. The van der Waals surface area contributed by atoms with Gasteiger partial charge in [-0.1, -0.05) is 0 Å². The van der Waals surface area contributed by atoms with Crippen molar-refractivity contribution in [3.63, 3.8) is 0 Å². The van der Waals surface area contributed by atoms with E-state index in [1.165, 1.54) is 11.9 Å². The van der Waals surface area contributed by atoms with Crippen LogP contribution >= 0.6 is 0 Å². The van der Waals surface area contributed by atoms with Gasteiger partial charge in [0.15, 0.2) is 6.61 Å². The van der Waals surface area contributed by atoms with Crippen LogP contribution < -0.4 is 5.32 Å². The molecule has 2 amide bonds. The summed E-state index contributed by atoms with van der Waals surface area (Å²) < 4.78 is 39.1. The zero-order valence-corrected chi connectivity index (χ0v) is 11.2. The fraction of sp³-hybridized carbons (Fsp3) is 0.727. The van der Waals surface area contributed by atoms with Crippen LogP contribution in [0.1, 0.15) is 13.3 Å². The molecule has 114 valence electrons. The number of hydrogen-bond acceptors (Lipinski definition) is 4. The van der Waals surface area contributed by atoms with E-state index in [-0.39, 0.29) is 31.3 Å². The van der Waals surface area contributed by atoms with Crippen molar-refractivity contribution in [2.24, 2.45) is 5.92 Å². The summed E-state index contributed by atoms with van der Waals surface area (Å²) in [5.74, 6) is -0.656. The number of ether oxygens (including phenoxy) is 1. The third-order valence-electron chi connectivity index (χ3n) is 2.17. The third kappa shape index (κ3) is 9.02. The molecule has 0 aliphatic rings. The summed E-state index contributed by atoms with van der Waals surface area (Å²) in [7, 11) is 1.50. The number of alkyl carbamates (subject to hydrolysis) is 1. The number of nitriles is 1. The van der Waals surface area contributed by atoms with E-state index < -0.39 is 18.9 Å². The lowest BCUT2D eigenvalue weighted by molar-refractivity contribution is -0.160. The van der Waals surface area contributed by atoms with Gasteiger partial charge in [-0.3, -0.25) is 4.79 Å². The number of carbonyl (C=O) groups is 2. The summed E-state index contributed by atoms with van der Waals surface area (Å²) in [6.07, 6.45) is -5.90. The van der Waals surface area contributed by atoms with E-state index in [2.05, 4.69) is 4.74 Å². The molecule has 0 aliphatic heterocycles. The molecule has 0 aromatic carbocycles. The molecule has 0 aromatic heterocycles. The minimum atomic E-state index is -4.58. The lowest BCUT2D eigenvalue weighted by Crippen LogP contribution is -2.35. The average Bonchev–Trinajstić information content (AvgIpc) is 2.35. The highest BCUT2D eigenvalue weighted by Crippen LogP contribution is 2.14. The third-order valence-corrected chi connectivity index (χ3v) is 2.17. The Labute approximate surface area is 114 Å². The summed E-state index contributed by atoms with van der Waals surface area (Å²) in [5, 5.41) is 10.6. The molecule has 20 heavy (non-hydrogen) atoms. The maximum atomic E-state index is 11.7. The molecule has 0 aromatic rings. The van der Waals surface area contributed by atoms with E-state index >= 15 is 0 Å². The Morgan fingerprint density at radius 3 is 2.55 bits per heavy atom.